The topological polar surface area (TPSA) is 96.0 Å². The molecule has 4 atom stereocenters. The number of hydrogen-bond donors (Lipinski definition) is 3. The highest BCUT2D eigenvalue weighted by atomic mass is 35.5. The van der Waals surface area contributed by atoms with Crippen LogP contribution in [0.4, 0.5) is 0 Å². The van der Waals surface area contributed by atoms with Crippen molar-refractivity contribution in [3.05, 3.63) is 35.0 Å². The lowest BCUT2D eigenvalue weighted by molar-refractivity contribution is -0.0785. The van der Waals surface area contributed by atoms with Crippen molar-refractivity contribution in [3.8, 4) is 17.1 Å². The lowest BCUT2D eigenvalue weighted by Crippen LogP contribution is -2.50. The zero-order valence-corrected chi connectivity index (χ0v) is 13.8. The van der Waals surface area contributed by atoms with Gasteiger partial charge in [0.2, 0.25) is 0 Å². The third-order valence-corrected chi connectivity index (χ3v) is 5.31. The van der Waals surface area contributed by atoms with E-state index in [2.05, 4.69) is 5.16 Å². The number of aliphatic hydroxyl groups is 3. The Balaban J connectivity index is 1.92. The molecule has 1 aromatic heterocycles. The molecule has 23 heavy (non-hydrogen) atoms. The van der Waals surface area contributed by atoms with Crippen molar-refractivity contribution in [3.63, 3.8) is 0 Å². The highest BCUT2D eigenvalue weighted by Gasteiger charge is 2.39. The SMILES string of the molecule is Cc1cc(O[C@@H]2SC[C@@H](O)[C@H](O)[C@H]2O)c(-c2ccno2)cc1Cl. The molecule has 3 rings (SSSR count). The summed E-state index contributed by atoms with van der Waals surface area (Å²) in [7, 11) is 0. The van der Waals surface area contributed by atoms with Gasteiger partial charge < -0.3 is 24.6 Å². The quantitative estimate of drug-likeness (QED) is 0.771. The lowest BCUT2D eigenvalue weighted by Gasteiger charge is -2.34. The van der Waals surface area contributed by atoms with E-state index in [1.807, 2.05) is 6.92 Å². The van der Waals surface area contributed by atoms with Crippen molar-refractivity contribution in [1.29, 1.82) is 0 Å². The Morgan fingerprint density at radius 2 is 2.09 bits per heavy atom. The van der Waals surface area contributed by atoms with Gasteiger partial charge in [-0.05, 0) is 24.6 Å². The number of aryl methyl sites for hydroxylation is 1. The molecule has 1 fully saturated rings. The van der Waals surface area contributed by atoms with E-state index in [9.17, 15) is 15.3 Å². The molecule has 0 radical (unpaired) electrons. The van der Waals surface area contributed by atoms with E-state index < -0.39 is 23.7 Å². The summed E-state index contributed by atoms with van der Waals surface area (Å²) in [5, 5.41) is 33.7. The molecule has 0 saturated carbocycles. The predicted molar refractivity (Wildman–Crippen MR) is 86.6 cm³/mol. The second-order valence-corrected chi connectivity index (χ2v) is 6.88. The van der Waals surface area contributed by atoms with Crippen molar-refractivity contribution < 1.29 is 24.6 Å². The summed E-state index contributed by atoms with van der Waals surface area (Å²) in [4.78, 5) is 0. The number of halogens is 1. The van der Waals surface area contributed by atoms with Crippen LogP contribution >= 0.6 is 23.4 Å². The Morgan fingerprint density at radius 3 is 2.78 bits per heavy atom. The minimum absolute atomic E-state index is 0.271. The number of hydrogen-bond acceptors (Lipinski definition) is 7. The van der Waals surface area contributed by atoms with Crippen LogP contribution in [0.5, 0.6) is 5.75 Å². The fourth-order valence-electron chi connectivity index (χ4n) is 2.31. The lowest BCUT2D eigenvalue weighted by atomic mass is 10.1. The average molecular weight is 358 g/mol. The number of benzene rings is 1. The van der Waals surface area contributed by atoms with Gasteiger partial charge in [0.25, 0.3) is 0 Å². The second-order valence-electron chi connectivity index (χ2n) is 5.34. The molecule has 1 aromatic carbocycles. The van der Waals surface area contributed by atoms with Gasteiger partial charge in [-0.2, -0.15) is 0 Å². The normalized spacial score (nSPS) is 27.9. The van der Waals surface area contributed by atoms with Gasteiger partial charge in [0.15, 0.2) is 11.2 Å². The summed E-state index contributed by atoms with van der Waals surface area (Å²) in [5.74, 6) is 1.22. The number of aromatic nitrogens is 1. The first-order chi connectivity index (χ1) is 11.0. The smallest absolute Gasteiger partial charge is 0.173 e. The van der Waals surface area contributed by atoms with Crippen LogP contribution in [0, 0.1) is 6.92 Å². The highest BCUT2D eigenvalue weighted by molar-refractivity contribution is 7.99. The molecule has 0 bridgehead atoms. The molecule has 1 aliphatic heterocycles. The van der Waals surface area contributed by atoms with E-state index in [0.29, 0.717) is 22.1 Å². The van der Waals surface area contributed by atoms with Crippen LogP contribution in [0.2, 0.25) is 5.02 Å². The molecular weight excluding hydrogens is 342 g/mol. The van der Waals surface area contributed by atoms with E-state index >= 15 is 0 Å². The average Bonchev–Trinajstić information content (AvgIpc) is 3.05. The van der Waals surface area contributed by atoms with E-state index in [4.69, 9.17) is 20.9 Å². The molecule has 3 N–H and O–H groups in total. The zero-order chi connectivity index (χ0) is 16.6. The predicted octanol–water partition coefficient (Wildman–Crippen LogP) is 1.84. The Labute approximate surface area is 142 Å². The standard InChI is InChI=1S/C15H16ClNO5S/c1-7-4-12(8(5-9(7)16)11-2-3-17-22-11)21-15-14(20)13(19)10(18)6-23-15/h2-5,10,13-15,18-20H,6H2,1H3/t10-,13+,14-,15-/m1/s1. The van der Waals surface area contributed by atoms with Gasteiger partial charge in [-0.1, -0.05) is 16.8 Å². The summed E-state index contributed by atoms with van der Waals surface area (Å²) in [5.41, 5.74) is 0.697. The van der Waals surface area contributed by atoms with Gasteiger partial charge in [-0.15, -0.1) is 11.8 Å². The maximum absolute atomic E-state index is 10.1. The molecular formula is C15H16ClNO5S. The van der Waals surface area contributed by atoms with Crippen molar-refractivity contribution in [2.45, 2.75) is 30.7 Å². The maximum atomic E-state index is 10.1. The second kappa shape index (κ2) is 6.70. The van der Waals surface area contributed by atoms with Crippen molar-refractivity contribution in [2.24, 2.45) is 0 Å². The van der Waals surface area contributed by atoms with Crippen LogP contribution in [0.25, 0.3) is 11.3 Å². The molecule has 0 spiro atoms. The third kappa shape index (κ3) is 3.34. The van der Waals surface area contributed by atoms with Crippen LogP contribution in [0.3, 0.4) is 0 Å². The fraction of sp³-hybridized carbons (Fsp3) is 0.400. The monoisotopic (exact) mass is 357 g/mol. The Kier molecular flexibility index (Phi) is 4.84. The van der Waals surface area contributed by atoms with Crippen LogP contribution in [0.15, 0.2) is 28.9 Å². The Hall–Kier alpha value is -1.25. The van der Waals surface area contributed by atoms with E-state index in [-0.39, 0.29) is 5.75 Å². The van der Waals surface area contributed by atoms with Gasteiger partial charge in [0, 0.05) is 16.8 Å². The van der Waals surface area contributed by atoms with E-state index in [0.717, 1.165) is 5.56 Å². The van der Waals surface area contributed by atoms with Crippen molar-refractivity contribution in [2.75, 3.05) is 5.75 Å². The van der Waals surface area contributed by atoms with Crippen LogP contribution in [-0.4, -0.2) is 50.0 Å². The van der Waals surface area contributed by atoms with E-state index in [1.165, 1.54) is 18.0 Å². The number of aliphatic hydroxyl groups excluding tert-OH is 3. The van der Waals surface area contributed by atoms with Crippen LogP contribution in [-0.2, 0) is 0 Å². The molecule has 0 amide bonds. The summed E-state index contributed by atoms with van der Waals surface area (Å²) in [6, 6.07) is 5.12. The molecule has 0 unspecified atom stereocenters. The third-order valence-electron chi connectivity index (χ3n) is 3.66. The summed E-state index contributed by atoms with van der Waals surface area (Å²) in [6.07, 6.45) is -1.92. The molecule has 0 aliphatic carbocycles. The molecule has 6 nitrogen and oxygen atoms in total. The first-order valence-corrected chi connectivity index (χ1v) is 8.43. The summed E-state index contributed by atoms with van der Waals surface area (Å²) >= 11 is 7.40. The van der Waals surface area contributed by atoms with Gasteiger partial charge in [0.1, 0.15) is 18.0 Å². The largest absolute Gasteiger partial charge is 0.476 e. The first-order valence-electron chi connectivity index (χ1n) is 7.01. The highest BCUT2D eigenvalue weighted by Crippen LogP contribution is 2.38. The van der Waals surface area contributed by atoms with Gasteiger partial charge in [-0.25, -0.2) is 0 Å². The van der Waals surface area contributed by atoms with Crippen molar-refractivity contribution >= 4 is 23.4 Å². The number of rotatable bonds is 3. The van der Waals surface area contributed by atoms with Crippen LogP contribution in [0.1, 0.15) is 5.56 Å². The van der Waals surface area contributed by atoms with E-state index in [1.54, 1.807) is 18.2 Å². The minimum Gasteiger partial charge on any atom is -0.476 e. The van der Waals surface area contributed by atoms with Gasteiger partial charge in [-0.3, -0.25) is 0 Å². The summed E-state index contributed by atoms with van der Waals surface area (Å²) in [6.45, 7) is 1.84. The number of nitrogens with zero attached hydrogens (tertiary/aromatic N) is 1. The first kappa shape index (κ1) is 16.6. The number of ether oxygens (including phenoxy) is 1. The Bertz CT molecular complexity index is 681. The van der Waals surface area contributed by atoms with Gasteiger partial charge >= 0.3 is 0 Å². The molecule has 8 heteroatoms. The van der Waals surface area contributed by atoms with Gasteiger partial charge in [0.05, 0.1) is 17.9 Å². The molecule has 2 heterocycles. The maximum Gasteiger partial charge on any atom is 0.173 e. The molecule has 1 saturated heterocycles. The van der Waals surface area contributed by atoms with Crippen LogP contribution < -0.4 is 4.74 Å². The zero-order valence-electron chi connectivity index (χ0n) is 12.2. The Morgan fingerprint density at radius 1 is 1.30 bits per heavy atom. The molecule has 1 aliphatic rings. The molecule has 2 aromatic rings. The summed E-state index contributed by atoms with van der Waals surface area (Å²) < 4.78 is 11.0. The minimum atomic E-state index is -1.25. The number of thioether (sulfide) groups is 1. The van der Waals surface area contributed by atoms with Crippen molar-refractivity contribution in [1.82, 2.24) is 5.16 Å². The fourth-order valence-corrected chi connectivity index (χ4v) is 3.59. The molecule has 124 valence electrons.